The summed E-state index contributed by atoms with van der Waals surface area (Å²) in [6.45, 7) is 4.19. The highest BCUT2D eigenvalue weighted by molar-refractivity contribution is 5.92. The number of hydrogen-bond donors (Lipinski definition) is 1. The topological polar surface area (TPSA) is 45.2 Å². The molecule has 1 aliphatic heterocycles. The molecule has 1 aliphatic rings. The second-order valence-corrected chi connectivity index (χ2v) is 6.16. The van der Waals surface area contributed by atoms with Crippen molar-refractivity contribution in [3.05, 3.63) is 53.7 Å². The van der Waals surface area contributed by atoms with Crippen molar-refractivity contribution in [2.24, 2.45) is 0 Å². The van der Waals surface area contributed by atoms with Crippen LogP contribution in [0, 0.1) is 6.92 Å². The fourth-order valence-corrected chi connectivity index (χ4v) is 2.87. The molecule has 4 nitrogen and oxygen atoms in total. The largest absolute Gasteiger partial charge is 0.357 e. The predicted octanol–water partition coefficient (Wildman–Crippen LogP) is 3.56. The van der Waals surface area contributed by atoms with Crippen LogP contribution in [0.3, 0.4) is 0 Å². The van der Waals surface area contributed by atoms with E-state index in [1.54, 1.807) is 6.20 Å². The highest BCUT2D eigenvalue weighted by Gasteiger charge is 2.12. The first kappa shape index (κ1) is 15.5. The number of aryl methyl sites for hydroxylation is 1. The number of pyridine rings is 1. The molecule has 4 heteroatoms. The van der Waals surface area contributed by atoms with Gasteiger partial charge in [-0.3, -0.25) is 4.79 Å². The van der Waals surface area contributed by atoms with Gasteiger partial charge in [0, 0.05) is 13.1 Å². The van der Waals surface area contributed by atoms with Crippen molar-refractivity contribution in [3.8, 4) is 0 Å². The molecular formula is C19H23N3O. The van der Waals surface area contributed by atoms with Crippen molar-refractivity contribution in [2.75, 3.05) is 23.3 Å². The zero-order valence-electron chi connectivity index (χ0n) is 13.6. The zero-order valence-corrected chi connectivity index (χ0v) is 13.6. The molecule has 2 heterocycles. The van der Waals surface area contributed by atoms with Crippen molar-refractivity contribution in [1.82, 2.24) is 4.98 Å². The second kappa shape index (κ2) is 7.27. The first-order valence-electron chi connectivity index (χ1n) is 8.27. The van der Waals surface area contributed by atoms with Gasteiger partial charge in [-0.2, -0.15) is 0 Å². The quantitative estimate of drug-likeness (QED) is 0.939. The molecule has 0 atom stereocenters. The number of rotatable bonds is 4. The van der Waals surface area contributed by atoms with Crippen molar-refractivity contribution in [1.29, 1.82) is 0 Å². The second-order valence-electron chi connectivity index (χ2n) is 6.16. The Morgan fingerprint density at radius 2 is 1.83 bits per heavy atom. The van der Waals surface area contributed by atoms with Crippen LogP contribution in [-0.2, 0) is 11.2 Å². The van der Waals surface area contributed by atoms with Crippen LogP contribution in [0.5, 0.6) is 0 Å². The van der Waals surface area contributed by atoms with E-state index in [1.807, 2.05) is 43.3 Å². The fraction of sp³-hybridized carbons (Fsp3) is 0.368. The fourth-order valence-electron chi connectivity index (χ4n) is 2.87. The van der Waals surface area contributed by atoms with E-state index in [-0.39, 0.29) is 5.91 Å². The molecule has 0 spiro atoms. The molecule has 1 fully saturated rings. The summed E-state index contributed by atoms with van der Waals surface area (Å²) in [6.07, 6.45) is 5.90. The minimum absolute atomic E-state index is 0.0126. The number of piperidine rings is 1. The van der Waals surface area contributed by atoms with Crippen LogP contribution in [0.2, 0.25) is 0 Å². The summed E-state index contributed by atoms with van der Waals surface area (Å²) < 4.78 is 0. The number of carbonyl (C=O) groups is 1. The van der Waals surface area contributed by atoms with E-state index < -0.39 is 0 Å². The Kier molecular flexibility index (Phi) is 4.91. The number of nitrogens with zero attached hydrogens (tertiary/aromatic N) is 2. The molecule has 120 valence electrons. The lowest BCUT2D eigenvalue weighted by Gasteiger charge is -2.27. The molecule has 3 rings (SSSR count). The highest BCUT2D eigenvalue weighted by atomic mass is 16.1. The number of amides is 1. The van der Waals surface area contributed by atoms with Crippen LogP contribution in [-0.4, -0.2) is 24.0 Å². The minimum atomic E-state index is -0.0126. The summed E-state index contributed by atoms with van der Waals surface area (Å²) in [6, 6.07) is 12.0. The van der Waals surface area contributed by atoms with Crippen molar-refractivity contribution >= 4 is 17.4 Å². The molecule has 1 saturated heterocycles. The summed E-state index contributed by atoms with van der Waals surface area (Å²) in [5.41, 5.74) is 2.97. The van der Waals surface area contributed by atoms with Crippen LogP contribution in [0.15, 0.2) is 42.6 Å². The third kappa shape index (κ3) is 4.31. The molecule has 1 aromatic heterocycles. The van der Waals surface area contributed by atoms with Crippen LogP contribution < -0.4 is 10.2 Å². The molecule has 1 N–H and O–H groups in total. The van der Waals surface area contributed by atoms with Gasteiger partial charge in [-0.1, -0.05) is 29.8 Å². The molecule has 0 saturated carbocycles. The van der Waals surface area contributed by atoms with E-state index in [9.17, 15) is 4.79 Å². The van der Waals surface area contributed by atoms with Gasteiger partial charge in [0.2, 0.25) is 5.91 Å². The first-order chi connectivity index (χ1) is 11.2. The molecule has 0 radical (unpaired) electrons. The number of hydrogen-bond acceptors (Lipinski definition) is 3. The van der Waals surface area contributed by atoms with E-state index in [4.69, 9.17) is 0 Å². The predicted molar refractivity (Wildman–Crippen MR) is 93.8 cm³/mol. The monoisotopic (exact) mass is 309 g/mol. The smallest absolute Gasteiger partial charge is 0.228 e. The molecule has 0 unspecified atom stereocenters. The van der Waals surface area contributed by atoms with Crippen LogP contribution in [0.1, 0.15) is 30.4 Å². The van der Waals surface area contributed by atoms with Gasteiger partial charge in [-0.15, -0.1) is 0 Å². The third-order valence-corrected chi connectivity index (χ3v) is 4.20. The van der Waals surface area contributed by atoms with Gasteiger partial charge in [0.25, 0.3) is 0 Å². The maximum absolute atomic E-state index is 12.1. The Balaban J connectivity index is 1.57. The Morgan fingerprint density at radius 1 is 1.09 bits per heavy atom. The molecule has 1 aromatic carbocycles. The average molecular weight is 309 g/mol. The standard InChI is InChI=1S/C19H23N3O/c1-15-5-7-16(8-6-15)13-19(23)21-17-9-10-18(20-14-17)22-11-3-2-4-12-22/h5-10,14H,2-4,11-13H2,1H3,(H,21,23). The Bertz CT molecular complexity index is 643. The maximum atomic E-state index is 12.1. The lowest BCUT2D eigenvalue weighted by atomic mass is 10.1. The number of anilines is 2. The Labute approximate surface area is 137 Å². The molecule has 2 aromatic rings. The Morgan fingerprint density at radius 3 is 2.48 bits per heavy atom. The lowest BCUT2D eigenvalue weighted by molar-refractivity contribution is -0.115. The Hall–Kier alpha value is -2.36. The zero-order chi connectivity index (χ0) is 16.1. The van der Waals surface area contributed by atoms with Crippen molar-refractivity contribution < 1.29 is 4.79 Å². The summed E-state index contributed by atoms with van der Waals surface area (Å²) in [5, 5.41) is 2.92. The van der Waals surface area contributed by atoms with Crippen LogP contribution in [0.25, 0.3) is 0 Å². The summed E-state index contributed by atoms with van der Waals surface area (Å²) in [4.78, 5) is 18.9. The molecule has 1 amide bonds. The minimum Gasteiger partial charge on any atom is -0.357 e. The van der Waals surface area contributed by atoms with Gasteiger partial charge in [-0.25, -0.2) is 4.98 Å². The van der Waals surface area contributed by atoms with E-state index in [2.05, 4.69) is 15.2 Å². The first-order valence-corrected chi connectivity index (χ1v) is 8.27. The third-order valence-electron chi connectivity index (χ3n) is 4.20. The van der Waals surface area contributed by atoms with Gasteiger partial charge < -0.3 is 10.2 Å². The number of aromatic nitrogens is 1. The average Bonchev–Trinajstić information content (AvgIpc) is 2.58. The van der Waals surface area contributed by atoms with E-state index in [0.29, 0.717) is 6.42 Å². The highest BCUT2D eigenvalue weighted by Crippen LogP contribution is 2.19. The van der Waals surface area contributed by atoms with Crippen molar-refractivity contribution in [2.45, 2.75) is 32.6 Å². The van der Waals surface area contributed by atoms with Crippen LogP contribution in [0.4, 0.5) is 11.5 Å². The number of benzene rings is 1. The van der Waals surface area contributed by atoms with Gasteiger partial charge in [-0.05, 0) is 43.9 Å². The SMILES string of the molecule is Cc1ccc(CC(=O)Nc2ccc(N3CCCCC3)nc2)cc1. The number of carbonyl (C=O) groups excluding carboxylic acids is 1. The summed E-state index contributed by atoms with van der Waals surface area (Å²) in [5.74, 6) is 0.989. The van der Waals surface area contributed by atoms with E-state index >= 15 is 0 Å². The summed E-state index contributed by atoms with van der Waals surface area (Å²) in [7, 11) is 0. The molecule has 0 aliphatic carbocycles. The molecule has 23 heavy (non-hydrogen) atoms. The normalized spacial score (nSPS) is 14.6. The molecular weight excluding hydrogens is 286 g/mol. The lowest BCUT2D eigenvalue weighted by Crippen LogP contribution is -2.30. The molecule has 0 bridgehead atoms. The van der Waals surface area contributed by atoms with Crippen LogP contribution >= 0.6 is 0 Å². The van der Waals surface area contributed by atoms with Gasteiger partial charge in [0.15, 0.2) is 0 Å². The van der Waals surface area contributed by atoms with Gasteiger partial charge in [0.05, 0.1) is 18.3 Å². The van der Waals surface area contributed by atoms with Gasteiger partial charge >= 0.3 is 0 Å². The van der Waals surface area contributed by atoms with E-state index in [1.165, 1.54) is 24.8 Å². The summed E-state index contributed by atoms with van der Waals surface area (Å²) >= 11 is 0. The maximum Gasteiger partial charge on any atom is 0.228 e. The van der Waals surface area contributed by atoms with Gasteiger partial charge in [0.1, 0.15) is 5.82 Å². The van der Waals surface area contributed by atoms with Crippen molar-refractivity contribution in [3.63, 3.8) is 0 Å². The van der Waals surface area contributed by atoms with E-state index in [0.717, 1.165) is 30.2 Å². The number of nitrogens with one attached hydrogen (secondary N) is 1.